The summed E-state index contributed by atoms with van der Waals surface area (Å²) in [5.41, 5.74) is 3.00. The Morgan fingerprint density at radius 1 is 1.25 bits per heavy atom. The number of hydrogen-bond donors (Lipinski definition) is 0. The van der Waals surface area contributed by atoms with E-state index in [-0.39, 0.29) is 17.6 Å². The van der Waals surface area contributed by atoms with Crippen LogP contribution in [0, 0.1) is 16.7 Å². The van der Waals surface area contributed by atoms with Crippen molar-refractivity contribution in [3.63, 3.8) is 0 Å². The second kappa shape index (κ2) is 7.35. The zero-order valence-electron chi connectivity index (χ0n) is 14.7. The van der Waals surface area contributed by atoms with E-state index in [4.69, 9.17) is 9.47 Å². The van der Waals surface area contributed by atoms with Gasteiger partial charge in [-0.05, 0) is 54.0 Å². The molecule has 0 bridgehead atoms. The highest BCUT2D eigenvalue weighted by Gasteiger charge is 2.29. The minimum atomic E-state index is -0.543. The molecular weight excluding hydrogens is 302 g/mol. The lowest BCUT2D eigenvalue weighted by Crippen LogP contribution is -2.19. The van der Waals surface area contributed by atoms with E-state index in [1.54, 1.807) is 14.0 Å². The first-order valence-corrected chi connectivity index (χ1v) is 8.05. The fourth-order valence-corrected chi connectivity index (χ4v) is 3.01. The van der Waals surface area contributed by atoms with E-state index in [0.717, 1.165) is 28.9 Å². The van der Waals surface area contributed by atoms with E-state index >= 15 is 0 Å². The number of benzene rings is 1. The van der Waals surface area contributed by atoms with Gasteiger partial charge in [-0.3, -0.25) is 0 Å². The summed E-state index contributed by atoms with van der Waals surface area (Å²) in [4.78, 5) is 12.1. The summed E-state index contributed by atoms with van der Waals surface area (Å²) in [6, 6.07) is 9.85. The predicted octanol–water partition coefficient (Wildman–Crippen LogP) is 4.28. The molecule has 0 spiro atoms. The fourth-order valence-electron chi connectivity index (χ4n) is 3.01. The number of nitrogens with zero attached hydrogens (tertiary/aromatic N) is 1. The van der Waals surface area contributed by atoms with Gasteiger partial charge in [0.1, 0.15) is 17.4 Å². The van der Waals surface area contributed by atoms with Crippen LogP contribution in [0.3, 0.4) is 0 Å². The SMILES string of the molecule is CCOC(=O)C(C#N)=C1C=C(c2ccc(OC)cc2)CC(C)(C)C1. The standard InChI is InChI=1S/C20H23NO3/c1-5-24-19(22)18(13-21)16-10-15(11-20(2,3)12-16)14-6-8-17(23-4)9-7-14/h6-10H,5,11-12H2,1-4H3. The lowest BCUT2D eigenvalue weighted by Gasteiger charge is -2.32. The topological polar surface area (TPSA) is 59.3 Å². The summed E-state index contributed by atoms with van der Waals surface area (Å²) in [5.74, 6) is 0.257. The molecule has 0 unspecified atom stereocenters. The molecule has 0 aliphatic heterocycles. The average molecular weight is 325 g/mol. The quantitative estimate of drug-likeness (QED) is 0.471. The van der Waals surface area contributed by atoms with Crippen molar-refractivity contribution >= 4 is 11.5 Å². The molecule has 0 saturated heterocycles. The first-order chi connectivity index (χ1) is 11.4. The van der Waals surface area contributed by atoms with E-state index in [2.05, 4.69) is 13.8 Å². The Morgan fingerprint density at radius 2 is 1.92 bits per heavy atom. The molecular formula is C20H23NO3. The van der Waals surface area contributed by atoms with Crippen LogP contribution in [0.1, 0.15) is 39.2 Å². The molecule has 1 aliphatic rings. The van der Waals surface area contributed by atoms with Crippen LogP contribution in [0.15, 0.2) is 41.5 Å². The smallest absolute Gasteiger partial charge is 0.349 e. The number of ether oxygens (including phenoxy) is 2. The Labute approximate surface area is 143 Å². The third kappa shape index (κ3) is 4.05. The van der Waals surface area contributed by atoms with Gasteiger partial charge in [0.05, 0.1) is 13.7 Å². The first-order valence-electron chi connectivity index (χ1n) is 8.05. The number of esters is 1. The van der Waals surface area contributed by atoms with Gasteiger partial charge in [0.2, 0.25) is 0 Å². The molecule has 0 atom stereocenters. The Hall–Kier alpha value is -2.54. The molecule has 1 aromatic rings. The van der Waals surface area contributed by atoms with E-state index in [1.165, 1.54) is 0 Å². The monoisotopic (exact) mass is 325 g/mol. The number of methoxy groups -OCH3 is 1. The number of carbonyl (C=O) groups excluding carboxylic acids is 1. The molecule has 0 heterocycles. The van der Waals surface area contributed by atoms with Crippen LogP contribution < -0.4 is 4.74 Å². The van der Waals surface area contributed by atoms with Crippen molar-refractivity contribution in [3.8, 4) is 11.8 Å². The van der Waals surface area contributed by atoms with Crippen molar-refractivity contribution in [1.82, 2.24) is 0 Å². The van der Waals surface area contributed by atoms with Gasteiger partial charge in [-0.15, -0.1) is 0 Å². The third-order valence-electron chi connectivity index (χ3n) is 4.06. The molecule has 0 amide bonds. The van der Waals surface area contributed by atoms with Crippen molar-refractivity contribution in [3.05, 3.63) is 47.1 Å². The van der Waals surface area contributed by atoms with Crippen molar-refractivity contribution in [2.75, 3.05) is 13.7 Å². The minimum absolute atomic E-state index is 0.0338. The summed E-state index contributed by atoms with van der Waals surface area (Å²) in [6.45, 7) is 6.28. The Bertz CT molecular complexity index is 718. The van der Waals surface area contributed by atoms with Crippen LogP contribution in [-0.2, 0) is 9.53 Å². The van der Waals surface area contributed by atoms with Crippen LogP contribution in [0.4, 0.5) is 0 Å². The van der Waals surface area contributed by atoms with E-state index < -0.39 is 5.97 Å². The van der Waals surface area contributed by atoms with Gasteiger partial charge >= 0.3 is 5.97 Å². The zero-order valence-corrected chi connectivity index (χ0v) is 14.7. The maximum absolute atomic E-state index is 12.1. The second-order valence-electron chi connectivity index (χ2n) is 6.65. The van der Waals surface area contributed by atoms with Crippen molar-refractivity contribution in [1.29, 1.82) is 5.26 Å². The number of allylic oxidation sites excluding steroid dienone is 3. The predicted molar refractivity (Wildman–Crippen MR) is 93.3 cm³/mol. The normalized spacial score (nSPS) is 18.2. The van der Waals surface area contributed by atoms with Crippen molar-refractivity contribution in [2.45, 2.75) is 33.6 Å². The lowest BCUT2D eigenvalue weighted by atomic mass is 9.73. The minimum Gasteiger partial charge on any atom is -0.497 e. The highest BCUT2D eigenvalue weighted by molar-refractivity contribution is 5.95. The summed E-state index contributed by atoms with van der Waals surface area (Å²) in [6.07, 6.45) is 3.52. The van der Waals surface area contributed by atoms with Crippen molar-refractivity contribution < 1.29 is 14.3 Å². The Morgan fingerprint density at radius 3 is 2.46 bits per heavy atom. The first kappa shape index (κ1) is 17.8. The highest BCUT2D eigenvalue weighted by atomic mass is 16.5. The molecule has 4 nitrogen and oxygen atoms in total. The number of rotatable bonds is 4. The molecule has 24 heavy (non-hydrogen) atoms. The van der Waals surface area contributed by atoms with Gasteiger partial charge in [-0.25, -0.2) is 4.79 Å². The lowest BCUT2D eigenvalue weighted by molar-refractivity contribution is -0.138. The highest BCUT2D eigenvalue weighted by Crippen LogP contribution is 2.42. The third-order valence-corrected chi connectivity index (χ3v) is 4.06. The molecule has 2 rings (SSSR count). The maximum Gasteiger partial charge on any atom is 0.349 e. The molecule has 1 aromatic carbocycles. The molecule has 4 heteroatoms. The zero-order chi connectivity index (χ0) is 17.7. The second-order valence-corrected chi connectivity index (χ2v) is 6.65. The molecule has 0 fully saturated rings. The van der Waals surface area contributed by atoms with E-state index in [1.807, 2.05) is 36.4 Å². The molecule has 1 aliphatic carbocycles. The summed E-state index contributed by atoms with van der Waals surface area (Å²) in [5, 5.41) is 9.42. The Balaban J connectivity index is 2.48. The summed E-state index contributed by atoms with van der Waals surface area (Å²) in [7, 11) is 1.64. The fraction of sp³-hybridized carbons (Fsp3) is 0.400. The molecule has 0 saturated carbocycles. The van der Waals surface area contributed by atoms with Gasteiger partial charge < -0.3 is 9.47 Å². The van der Waals surface area contributed by atoms with E-state index in [9.17, 15) is 10.1 Å². The molecule has 0 radical (unpaired) electrons. The maximum atomic E-state index is 12.1. The van der Waals surface area contributed by atoms with Crippen molar-refractivity contribution in [2.24, 2.45) is 5.41 Å². The largest absolute Gasteiger partial charge is 0.497 e. The van der Waals surface area contributed by atoms with Gasteiger partial charge in [-0.2, -0.15) is 5.26 Å². The van der Waals surface area contributed by atoms with Crippen LogP contribution in [0.2, 0.25) is 0 Å². The average Bonchev–Trinajstić information content (AvgIpc) is 2.54. The molecule has 0 aromatic heterocycles. The van der Waals surface area contributed by atoms with Gasteiger partial charge in [0, 0.05) is 0 Å². The van der Waals surface area contributed by atoms with Crippen LogP contribution in [-0.4, -0.2) is 19.7 Å². The number of nitriles is 1. The van der Waals surface area contributed by atoms with Gasteiger partial charge in [0.15, 0.2) is 0 Å². The molecule has 126 valence electrons. The Kier molecular flexibility index (Phi) is 5.46. The van der Waals surface area contributed by atoms with Gasteiger partial charge in [-0.1, -0.05) is 32.1 Å². The summed E-state index contributed by atoms with van der Waals surface area (Å²) < 4.78 is 10.2. The molecule has 0 N–H and O–H groups in total. The van der Waals surface area contributed by atoms with Crippen LogP contribution in [0.5, 0.6) is 5.75 Å². The number of hydrogen-bond acceptors (Lipinski definition) is 4. The van der Waals surface area contributed by atoms with Crippen LogP contribution >= 0.6 is 0 Å². The summed E-state index contributed by atoms with van der Waals surface area (Å²) >= 11 is 0. The number of carbonyl (C=O) groups is 1. The van der Waals surface area contributed by atoms with E-state index in [0.29, 0.717) is 6.42 Å². The van der Waals surface area contributed by atoms with Gasteiger partial charge in [0.25, 0.3) is 0 Å². The van der Waals surface area contributed by atoms with Crippen LogP contribution in [0.25, 0.3) is 5.57 Å².